The molecule has 1 atom stereocenters. The summed E-state index contributed by atoms with van der Waals surface area (Å²) in [4.78, 5) is 4.83. The number of nitrogens with zero attached hydrogens (tertiary/aromatic N) is 6. The van der Waals surface area contributed by atoms with Gasteiger partial charge in [0, 0.05) is 23.9 Å². The van der Waals surface area contributed by atoms with E-state index >= 15 is 0 Å². The third-order valence-corrected chi connectivity index (χ3v) is 5.68. The van der Waals surface area contributed by atoms with Crippen LogP contribution in [0.25, 0.3) is 22.5 Å². The van der Waals surface area contributed by atoms with Crippen molar-refractivity contribution >= 4 is 5.71 Å². The van der Waals surface area contributed by atoms with E-state index in [0.717, 1.165) is 46.6 Å². The fourth-order valence-electron chi connectivity index (χ4n) is 4.23. The highest BCUT2D eigenvalue weighted by molar-refractivity contribution is 5.92. The number of hydrogen-bond acceptors (Lipinski definition) is 7. The molecule has 0 spiro atoms. The minimum absolute atomic E-state index is 0.114. The maximum absolute atomic E-state index is 6.28. The minimum atomic E-state index is 0.114. The normalized spacial score (nSPS) is 17.9. The molecule has 0 saturated carbocycles. The van der Waals surface area contributed by atoms with Crippen molar-refractivity contribution in [3.8, 4) is 22.5 Å². The van der Waals surface area contributed by atoms with Gasteiger partial charge in [-0.2, -0.15) is 5.21 Å². The maximum Gasteiger partial charge on any atom is 0.205 e. The van der Waals surface area contributed by atoms with E-state index in [1.165, 1.54) is 5.56 Å². The van der Waals surface area contributed by atoms with Crippen LogP contribution in [0.3, 0.4) is 0 Å². The molecule has 3 heterocycles. The molecule has 1 aromatic heterocycles. The van der Waals surface area contributed by atoms with Crippen LogP contribution in [0, 0.1) is 0 Å². The molecule has 5 rings (SSSR count). The second-order valence-electron chi connectivity index (χ2n) is 7.75. The summed E-state index contributed by atoms with van der Waals surface area (Å²) in [6.07, 6.45) is 5.73. The molecule has 0 aliphatic carbocycles. The highest BCUT2D eigenvalue weighted by atomic mass is 15.8. The molecule has 0 bridgehead atoms. The van der Waals surface area contributed by atoms with Crippen LogP contribution in [-0.4, -0.2) is 42.5 Å². The molecule has 8 heteroatoms. The molecule has 0 saturated heterocycles. The van der Waals surface area contributed by atoms with Crippen LogP contribution in [0.2, 0.25) is 0 Å². The molecule has 2 aromatic carbocycles. The van der Waals surface area contributed by atoms with Gasteiger partial charge < -0.3 is 0 Å². The Morgan fingerprint density at radius 3 is 2.55 bits per heavy atom. The fourth-order valence-corrected chi connectivity index (χ4v) is 4.23. The van der Waals surface area contributed by atoms with Crippen molar-refractivity contribution in [2.24, 2.45) is 10.8 Å². The van der Waals surface area contributed by atoms with E-state index in [9.17, 15) is 0 Å². The second-order valence-corrected chi connectivity index (χ2v) is 7.75. The lowest BCUT2D eigenvalue weighted by Crippen LogP contribution is -2.50. The summed E-state index contributed by atoms with van der Waals surface area (Å²) < 4.78 is 0. The number of fused-ring (bicyclic) bond motifs is 1. The van der Waals surface area contributed by atoms with Crippen molar-refractivity contribution in [1.82, 2.24) is 30.8 Å². The minimum Gasteiger partial charge on any atom is -0.245 e. The SMILES string of the molecule is CCC1=NC2=CC(C)=CN(N)N2C1Cc1ccc(-c2ccccc2-c2nn[nH]n2)cc1. The van der Waals surface area contributed by atoms with E-state index < -0.39 is 0 Å². The molecule has 0 radical (unpaired) electrons. The average Bonchev–Trinajstić information content (AvgIpc) is 3.43. The molecule has 2 aliphatic heterocycles. The van der Waals surface area contributed by atoms with Gasteiger partial charge in [0.2, 0.25) is 5.82 Å². The lowest BCUT2D eigenvalue weighted by atomic mass is 9.95. The number of aliphatic imine (C=N–C) groups is 1. The van der Waals surface area contributed by atoms with Crippen molar-refractivity contribution in [1.29, 1.82) is 0 Å². The Morgan fingerprint density at radius 2 is 1.84 bits per heavy atom. The fraction of sp³-hybridized carbons (Fsp3) is 0.217. The predicted octanol–water partition coefficient (Wildman–Crippen LogP) is 3.46. The number of H-pyrrole nitrogens is 1. The Hall–Kier alpha value is -3.78. The van der Waals surface area contributed by atoms with Crippen LogP contribution in [-0.2, 0) is 6.42 Å². The number of aromatic nitrogens is 4. The van der Waals surface area contributed by atoms with E-state index in [-0.39, 0.29) is 6.04 Å². The number of nitrogens with one attached hydrogen (secondary N) is 1. The molecule has 1 unspecified atom stereocenters. The number of tetrazole rings is 1. The zero-order chi connectivity index (χ0) is 21.4. The Kier molecular flexibility index (Phi) is 4.83. The van der Waals surface area contributed by atoms with Crippen LogP contribution in [0.5, 0.6) is 0 Å². The maximum atomic E-state index is 6.28. The Balaban J connectivity index is 1.41. The number of hydrogen-bond donors (Lipinski definition) is 2. The van der Waals surface area contributed by atoms with Crippen LogP contribution >= 0.6 is 0 Å². The standard InChI is InChI=1S/C23H24N8/c1-3-20-21(31-22(25-20)12-15(2)14-30(31)24)13-16-8-10-17(11-9-16)18-6-4-5-7-19(18)23-26-28-29-27-23/h4-12,14,21H,3,13,24H2,1-2H3,(H,26,27,28,29). The highest BCUT2D eigenvalue weighted by Crippen LogP contribution is 2.32. The van der Waals surface area contributed by atoms with Gasteiger partial charge in [-0.25, -0.2) is 21.0 Å². The Bertz CT molecular complexity index is 1170. The van der Waals surface area contributed by atoms with Crippen LogP contribution in [0.4, 0.5) is 0 Å². The monoisotopic (exact) mass is 412 g/mol. The summed E-state index contributed by atoms with van der Waals surface area (Å²) in [7, 11) is 0. The Labute approximate surface area is 180 Å². The highest BCUT2D eigenvalue weighted by Gasteiger charge is 2.35. The molecule has 2 aliphatic rings. The molecule has 156 valence electrons. The van der Waals surface area contributed by atoms with Gasteiger partial charge in [0.15, 0.2) is 0 Å². The molecule has 0 amide bonds. The van der Waals surface area contributed by atoms with Gasteiger partial charge in [0.1, 0.15) is 5.82 Å². The number of hydrazine groups is 2. The van der Waals surface area contributed by atoms with Gasteiger partial charge in [-0.15, -0.1) is 10.2 Å². The van der Waals surface area contributed by atoms with Gasteiger partial charge in [-0.05, 0) is 46.9 Å². The summed E-state index contributed by atoms with van der Waals surface area (Å²) in [6.45, 7) is 4.17. The molecule has 3 aromatic rings. The zero-order valence-electron chi connectivity index (χ0n) is 17.5. The van der Waals surface area contributed by atoms with Gasteiger partial charge in [-0.3, -0.25) is 0 Å². The topological polar surface area (TPSA) is 99.3 Å². The quantitative estimate of drug-likeness (QED) is 0.623. The van der Waals surface area contributed by atoms with Crippen LogP contribution < -0.4 is 5.84 Å². The van der Waals surface area contributed by atoms with Crippen molar-refractivity contribution in [3.63, 3.8) is 0 Å². The third-order valence-electron chi connectivity index (χ3n) is 5.68. The number of rotatable bonds is 5. The molecular weight excluding hydrogens is 388 g/mol. The molecule has 0 fully saturated rings. The summed E-state index contributed by atoms with van der Waals surface area (Å²) in [6, 6.07) is 16.8. The van der Waals surface area contributed by atoms with Crippen LogP contribution in [0.15, 0.2) is 77.2 Å². The smallest absolute Gasteiger partial charge is 0.205 e. The third kappa shape index (κ3) is 3.51. The van der Waals surface area contributed by atoms with E-state index in [1.54, 1.807) is 5.12 Å². The molecule has 31 heavy (non-hydrogen) atoms. The lowest BCUT2D eigenvalue weighted by Gasteiger charge is -2.36. The zero-order valence-corrected chi connectivity index (χ0v) is 17.5. The second kappa shape index (κ2) is 7.81. The number of aromatic amines is 1. The predicted molar refractivity (Wildman–Crippen MR) is 120 cm³/mol. The number of benzene rings is 2. The largest absolute Gasteiger partial charge is 0.245 e. The van der Waals surface area contributed by atoms with Gasteiger partial charge in [0.25, 0.3) is 0 Å². The van der Waals surface area contributed by atoms with Crippen molar-refractivity contribution in [3.05, 3.63) is 77.8 Å². The molecular formula is C23H24N8. The van der Waals surface area contributed by atoms with E-state index in [2.05, 4.69) is 69.0 Å². The first-order valence-corrected chi connectivity index (χ1v) is 10.4. The van der Waals surface area contributed by atoms with E-state index in [4.69, 9.17) is 10.8 Å². The van der Waals surface area contributed by atoms with E-state index in [0.29, 0.717) is 5.82 Å². The first-order chi connectivity index (χ1) is 15.1. The average molecular weight is 413 g/mol. The summed E-state index contributed by atoms with van der Waals surface area (Å²) in [5.41, 5.74) is 6.60. The van der Waals surface area contributed by atoms with Gasteiger partial charge in [-0.1, -0.05) is 55.5 Å². The summed E-state index contributed by atoms with van der Waals surface area (Å²) in [5.74, 6) is 7.78. The molecule has 8 nitrogen and oxygen atoms in total. The first-order valence-electron chi connectivity index (χ1n) is 10.4. The molecule has 3 N–H and O–H groups in total. The van der Waals surface area contributed by atoms with Crippen molar-refractivity contribution in [2.75, 3.05) is 0 Å². The number of allylic oxidation sites excluding steroid dienone is 2. The summed E-state index contributed by atoms with van der Waals surface area (Å²) >= 11 is 0. The lowest BCUT2D eigenvalue weighted by molar-refractivity contribution is 0.0426. The van der Waals surface area contributed by atoms with Gasteiger partial charge >= 0.3 is 0 Å². The number of nitrogens with two attached hydrogens (primary N) is 1. The first kappa shape index (κ1) is 19.2. The van der Waals surface area contributed by atoms with Crippen molar-refractivity contribution < 1.29 is 0 Å². The van der Waals surface area contributed by atoms with Crippen molar-refractivity contribution in [2.45, 2.75) is 32.7 Å². The Morgan fingerprint density at radius 1 is 1.06 bits per heavy atom. The van der Waals surface area contributed by atoms with Crippen LogP contribution in [0.1, 0.15) is 25.8 Å². The van der Waals surface area contributed by atoms with E-state index in [1.807, 2.05) is 31.3 Å². The van der Waals surface area contributed by atoms with Gasteiger partial charge in [0.05, 0.1) is 6.04 Å². The summed E-state index contributed by atoms with van der Waals surface area (Å²) in [5, 5.41) is 18.2.